The minimum Gasteiger partial charge on any atom is -0.461 e. The van der Waals surface area contributed by atoms with E-state index in [-0.39, 0.29) is 0 Å². The zero-order valence-corrected chi connectivity index (χ0v) is 8.03. The molecule has 0 aliphatic carbocycles. The van der Waals surface area contributed by atoms with E-state index in [1.54, 1.807) is 6.26 Å². The van der Waals surface area contributed by atoms with Gasteiger partial charge in [-0.25, -0.2) is 9.97 Å². The smallest absolute Gasteiger partial charge is 0.174 e. The molecule has 0 unspecified atom stereocenters. The van der Waals surface area contributed by atoms with Crippen molar-refractivity contribution in [2.24, 2.45) is 0 Å². The molecular formula is C10H12N2O. The number of rotatable bonds is 1. The number of hydrogen-bond donors (Lipinski definition) is 0. The summed E-state index contributed by atoms with van der Waals surface area (Å²) in [5, 5.41) is 0. The Morgan fingerprint density at radius 1 is 1.31 bits per heavy atom. The molecule has 0 saturated heterocycles. The van der Waals surface area contributed by atoms with Crippen molar-refractivity contribution in [2.75, 3.05) is 0 Å². The quantitative estimate of drug-likeness (QED) is 0.670. The first-order valence-corrected chi connectivity index (χ1v) is 4.40. The van der Waals surface area contributed by atoms with Gasteiger partial charge in [0.2, 0.25) is 0 Å². The topological polar surface area (TPSA) is 38.9 Å². The molecule has 0 amide bonds. The predicted molar refractivity (Wildman–Crippen MR) is 50.6 cm³/mol. The molecule has 2 heterocycles. The van der Waals surface area contributed by atoms with Gasteiger partial charge in [0.15, 0.2) is 5.58 Å². The number of hydrogen-bond acceptors (Lipinski definition) is 3. The van der Waals surface area contributed by atoms with E-state index in [1.807, 2.05) is 13.0 Å². The van der Waals surface area contributed by atoms with Crippen molar-refractivity contribution in [3.8, 4) is 0 Å². The maximum atomic E-state index is 5.34. The molecule has 0 N–H and O–H groups in total. The second-order valence-electron chi connectivity index (χ2n) is 3.45. The van der Waals surface area contributed by atoms with E-state index < -0.39 is 0 Å². The highest BCUT2D eigenvalue weighted by Gasteiger charge is 2.11. The number of aryl methyl sites for hydroxylation is 1. The van der Waals surface area contributed by atoms with Crippen LogP contribution >= 0.6 is 0 Å². The first-order valence-electron chi connectivity index (χ1n) is 4.40. The molecule has 0 aliphatic heterocycles. The summed E-state index contributed by atoms with van der Waals surface area (Å²) in [5.74, 6) is 1.17. The molecule has 3 nitrogen and oxygen atoms in total. The van der Waals surface area contributed by atoms with Crippen LogP contribution < -0.4 is 0 Å². The molecule has 13 heavy (non-hydrogen) atoms. The molecular weight excluding hydrogens is 164 g/mol. The first-order chi connectivity index (χ1) is 6.18. The zero-order valence-electron chi connectivity index (χ0n) is 8.03. The van der Waals surface area contributed by atoms with Gasteiger partial charge in [-0.15, -0.1) is 0 Å². The van der Waals surface area contributed by atoms with Crippen molar-refractivity contribution in [1.29, 1.82) is 0 Å². The van der Waals surface area contributed by atoms with Crippen LogP contribution in [0.4, 0.5) is 0 Å². The van der Waals surface area contributed by atoms with Gasteiger partial charge in [-0.05, 0) is 12.8 Å². The van der Waals surface area contributed by atoms with Gasteiger partial charge in [0.25, 0.3) is 0 Å². The highest BCUT2D eigenvalue weighted by atomic mass is 16.3. The van der Waals surface area contributed by atoms with E-state index in [1.165, 1.54) is 0 Å². The Labute approximate surface area is 76.8 Å². The Bertz CT molecular complexity index is 431. The Morgan fingerprint density at radius 2 is 2.08 bits per heavy atom. The molecule has 0 spiro atoms. The van der Waals surface area contributed by atoms with Crippen LogP contribution in [0.25, 0.3) is 11.1 Å². The molecule has 3 heteroatoms. The number of fused-ring (bicyclic) bond motifs is 1. The van der Waals surface area contributed by atoms with Gasteiger partial charge < -0.3 is 4.42 Å². The Hall–Kier alpha value is -1.38. The average Bonchev–Trinajstić information content (AvgIpc) is 2.49. The summed E-state index contributed by atoms with van der Waals surface area (Å²) in [6.07, 6.45) is 1.66. The van der Waals surface area contributed by atoms with Gasteiger partial charge in [0, 0.05) is 6.07 Å². The second-order valence-corrected chi connectivity index (χ2v) is 3.45. The van der Waals surface area contributed by atoms with Crippen molar-refractivity contribution in [1.82, 2.24) is 9.97 Å². The van der Waals surface area contributed by atoms with Gasteiger partial charge in [-0.3, -0.25) is 0 Å². The molecule has 2 aromatic heterocycles. The lowest BCUT2D eigenvalue weighted by Crippen LogP contribution is -1.97. The van der Waals surface area contributed by atoms with Crippen molar-refractivity contribution < 1.29 is 4.42 Å². The number of furan rings is 1. The van der Waals surface area contributed by atoms with Gasteiger partial charge in [-0.2, -0.15) is 0 Å². The van der Waals surface area contributed by atoms with E-state index in [2.05, 4.69) is 23.8 Å². The average molecular weight is 176 g/mol. The van der Waals surface area contributed by atoms with Gasteiger partial charge in [0.05, 0.1) is 12.0 Å². The highest BCUT2D eigenvalue weighted by Crippen LogP contribution is 2.22. The fourth-order valence-corrected chi connectivity index (χ4v) is 1.40. The van der Waals surface area contributed by atoms with Crippen LogP contribution in [0.5, 0.6) is 0 Å². The van der Waals surface area contributed by atoms with Crippen LogP contribution in [0.15, 0.2) is 16.7 Å². The monoisotopic (exact) mass is 176 g/mol. The lowest BCUT2D eigenvalue weighted by molar-refractivity contribution is 0.601. The fourth-order valence-electron chi connectivity index (χ4n) is 1.40. The normalized spacial score (nSPS) is 11.4. The molecule has 0 radical (unpaired) electrons. The molecule has 0 aliphatic rings. The SMILES string of the molecule is Cc1nc(C(C)C)c2occc2n1. The predicted octanol–water partition coefficient (Wildman–Crippen LogP) is 2.65. The summed E-state index contributed by atoms with van der Waals surface area (Å²) >= 11 is 0. The van der Waals surface area contributed by atoms with E-state index in [0.717, 1.165) is 22.6 Å². The summed E-state index contributed by atoms with van der Waals surface area (Å²) < 4.78 is 5.34. The number of nitrogens with zero attached hydrogens (tertiary/aromatic N) is 2. The molecule has 68 valence electrons. The number of aromatic nitrogens is 2. The highest BCUT2D eigenvalue weighted by molar-refractivity contribution is 5.74. The molecule has 0 atom stereocenters. The van der Waals surface area contributed by atoms with Crippen LogP contribution in [0.2, 0.25) is 0 Å². The summed E-state index contributed by atoms with van der Waals surface area (Å²) in [7, 11) is 0. The third kappa shape index (κ3) is 1.30. The summed E-state index contributed by atoms with van der Waals surface area (Å²) in [5.41, 5.74) is 2.71. The fraction of sp³-hybridized carbons (Fsp3) is 0.400. The van der Waals surface area contributed by atoms with Crippen LogP contribution in [0.3, 0.4) is 0 Å². The summed E-state index contributed by atoms with van der Waals surface area (Å²) in [6.45, 7) is 6.10. The van der Waals surface area contributed by atoms with Crippen LogP contribution in [-0.2, 0) is 0 Å². The second kappa shape index (κ2) is 2.83. The standard InChI is InChI=1S/C10H12N2O/c1-6(2)9-10-8(4-5-13-10)11-7(3)12-9/h4-6H,1-3H3. The minimum absolute atomic E-state index is 0.371. The van der Waals surface area contributed by atoms with Crippen molar-refractivity contribution >= 4 is 11.1 Å². The maximum Gasteiger partial charge on any atom is 0.174 e. The Kier molecular flexibility index (Phi) is 1.79. The largest absolute Gasteiger partial charge is 0.461 e. The van der Waals surface area contributed by atoms with E-state index in [0.29, 0.717) is 5.92 Å². The van der Waals surface area contributed by atoms with E-state index in [4.69, 9.17) is 4.42 Å². The molecule has 0 bridgehead atoms. The third-order valence-electron chi connectivity index (χ3n) is 1.99. The van der Waals surface area contributed by atoms with Crippen molar-refractivity contribution in [2.45, 2.75) is 26.7 Å². The Morgan fingerprint density at radius 3 is 2.77 bits per heavy atom. The summed E-state index contributed by atoms with van der Waals surface area (Å²) in [6, 6.07) is 1.87. The van der Waals surface area contributed by atoms with Crippen molar-refractivity contribution in [3.63, 3.8) is 0 Å². The van der Waals surface area contributed by atoms with Gasteiger partial charge in [-0.1, -0.05) is 13.8 Å². The minimum atomic E-state index is 0.371. The van der Waals surface area contributed by atoms with Crippen LogP contribution in [0, 0.1) is 6.92 Å². The molecule has 2 aromatic rings. The first kappa shape index (κ1) is 8.23. The van der Waals surface area contributed by atoms with Crippen LogP contribution in [0.1, 0.15) is 31.3 Å². The van der Waals surface area contributed by atoms with E-state index in [9.17, 15) is 0 Å². The third-order valence-corrected chi connectivity index (χ3v) is 1.99. The summed E-state index contributed by atoms with van der Waals surface area (Å²) in [4.78, 5) is 8.64. The van der Waals surface area contributed by atoms with E-state index >= 15 is 0 Å². The molecule has 2 rings (SSSR count). The molecule has 0 fully saturated rings. The lowest BCUT2D eigenvalue weighted by atomic mass is 10.1. The van der Waals surface area contributed by atoms with Gasteiger partial charge >= 0.3 is 0 Å². The lowest BCUT2D eigenvalue weighted by Gasteiger charge is -2.04. The maximum absolute atomic E-state index is 5.34. The molecule has 0 saturated carbocycles. The zero-order chi connectivity index (χ0) is 9.42. The Balaban J connectivity index is 2.77. The van der Waals surface area contributed by atoms with Gasteiger partial charge in [0.1, 0.15) is 11.3 Å². The van der Waals surface area contributed by atoms with Crippen LogP contribution in [-0.4, -0.2) is 9.97 Å². The van der Waals surface area contributed by atoms with Crippen molar-refractivity contribution in [3.05, 3.63) is 23.8 Å². The molecule has 0 aromatic carbocycles.